The van der Waals surface area contributed by atoms with E-state index in [0.717, 1.165) is 17.2 Å². The fourth-order valence-corrected chi connectivity index (χ4v) is 2.53. The van der Waals surface area contributed by atoms with Crippen LogP contribution in [-0.2, 0) is 4.84 Å². The molecule has 0 saturated heterocycles. The van der Waals surface area contributed by atoms with Gasteiger partial charge in [-0.1, -0.05) is 35.9 Å². The van der Waals surface area contributed by atoms with Crippen molar-refractivity contribution in [2.75, 3.05) is 0 Å². The first kappa shape index (κ1) is 15.3. The Morgan fingerprint density at radius 1 is 1.39 bits per heavy atom. The average Bonchev–Trinajstić information content (AvgIpc) is 2.99. The summed E-state index contributed by atoms with van der Waals surface area (Å²) in [7, 11) is 0. The number of aromatic hydroxyl groups is 1. The number of aliphatic imine (C=N–C) groups is 1. The van der Waals surface area contributed by atoms with E-state index in [4.69, 9.17) is 16.4 Å². The van der Waals surface area contributed by atoms with E-state index in [1.165, 1.54) is 6.07 Å². The third kappa shape index (κ3) is 2.84. The summed E-state index contributed by atoms with van der Waals surface area (Å²) >= 11 is 5.88. The van der Waals surface area contributed by atoms with Gasteiger partial charge in [-0.3, -0.25) is 10.1 Å². The summed E-state index contributed by atoms with van der Waals surface area (Å²) in [5.74, 6) is -0.0314. The van der Waals surface area contributed by atoms with Gasteiger partial charge in [0.25, 0.3) is 0 Å². The number of nitrogens with zero attached hydrogens (tertiary/aromatic N) is 2. The van der Waals surface area contributed by atoms with Crippen molar-refractivity contribution >= 4 is 23.1 Å². The SMILES string of the molecule is Cc1ccccc1C1=NC(c2cc(Cl)cc([N+](=O)[O-])c2O)ON1. The van der Waals surface area contributed by atoms with Crippen LogP contribution in [-0.4, -0.2) is 15.9 Å². The zero-order chi connectivity index (χ0) is 16.6. The number of benzene rings is 2. The minimum Gasteiger partial charge on any atom is -0.502 e. The lowest BCUT2D eigenvalue weighted by atomic mass is 10.1. The zero-order valence-electron chi connectivity index (χ0n) is 12.0. The Hall–Kier alpha value is -2.64. The number of amidine groups is 1. The first-order valence-corrected chi connectivity index (χ1v) is 7.07. The van der Waals surface area contributed by atoms with Crippen LogP contribution in [0.2, 0.25) is 5.02 Å². The van der Waals surface area contributed by atoms with Crippen molar-refractivity contribution in [3.05, 3.63) is 68.2 Å². The molecule has 1 aliphatic rings. The molecule has 0 aliphatic carbocycles. The van der Waals surface area contributed by atoms with Gasteiger partial charge >= 0.3 is 5.69 Å². The van der Waals surface area contributed by atoms with E-state index in [0.29, 0.717) is 5.84 Å². The van der Waals surface area contributed by atoms with Crippen molar-refractivity contribution in [3.63, 3.8) is 0 Å². The second-order valence-electron chi connectivity index (χ2n) is 4.98. The summed E-state index contributed by atoms with van der Waals surface area (Å²) < 4.78 is 0. The van der Waals surface area contributed by atoms with Crippen LogP contribution < -0.4 is 5.48 Å². The molecule has 0 radical (unpaired) electrons. The van der Waals surface area contributed by atoms with E-state index in [1.54, 1.807) is 0 Å². The minimum atomic E-state index is -0.929. The van der Waals surface area contributed by atoms with Gasteiger partial charge < -0.3 is 5.11 Å². The Morgan fingerprint density at radius 2 is 2.13 bits per heavy atom. The second kappa shape index (κ2) is 5.86. The molecule has 2 aromatic carbocycles. The van der Waals surface area contributed by atoms with Crippen LogP contribution in [0.3, 0.4) is 0 Å². The Kier molecular flexibility index (Phi) is 3.89. The van der Waals surface area contributed by atoms with Gasteiger partial charge in [0.05, 0.1) is 10.5 Å². The molecule has 1 aliphatic heterocycles. The third-order valence-corrected chi connectivity index (χ3v) is 3.68. The molecule has 0 amide bonds. The lowest BCUT2D eigenvalue weighted by molar-refractivity contribution is -0.386. The van der Waals surface area contributed by atoms with Gasteiger partial charge in [0, 0.05) is 16.7 Å². The minimum absolute atomic E-state index is 0.118. The molecule has 8 heteroatoms. The van der Waals surface area contributed by atoms with E-state index in [9.17, 15) is 15.2 Å². The number of hydrogen-bond donors (Lipinski definition) is 2. The standard InChI is InChI=1S/C15H12ClN3O4/c1-8-4-2-3-5-10(8)14-17-15(23-18-14)11-6-9(16)7-12(13(11)20)19(21)22/h2-7,15,20H,1H3,(H,17,18). The van der Waals surface area contributed by atoms with Gasteiger partial charge in [0.1, 0.15) is 0 Å². The number of nitrogens with one attached hydrogen (secondary N) is 1. The maximum atomic E-state index is 11.0. The van der Waals surface area contributed by atoms with Crippen LogP contribution in [0, 0.1) is 17.0 Å². The number of hydroxylamine groups is 1. The molecular weight excluding hydrogens is 322 g/mol. The molecule has 0 spiro atoms. The van der Waals surface area contributed by atoms with Crippen LogP contribution in [0.4, 0.5) is 5.69 Å². The molecule has 0 fully saturated rings. The lowest BCUT2D eigenvalue weighted by Crippen LogP contribution is -2.19. The highest BCUT2D eigenvalue weighted by molar-refractivity contribution is 6.31. The lowest BCUT2D eigenvalue weighted by Gasteiger charge is -2.09. The Morgan fingerprint density at radius 3 is 2.83 bits per heavy atom. The zero-order valence-corrected chi connectivity index (χ0v) is 12.7. The number of aryl methyl sites for hydroxylation is 1. The van der Waals surface area contributed by atoms with Crippen LogP contribution in [0.15, 0.2) is 41.4 Å². The highest BCUT2D eigenvalue weighted by Gasteiger charge is 2.29. The first-order chi connectivity index (χ1) is 11.0. The van der Waals surface area contributed by atoms with E-state index >= 15 is 0 Å². The van der Waals surface area contributed by atoms with E-state index in [-0.39, 0.29) is 10.6 Å². The molecule has 0 bridgehead atoms. The summed E-state index contributed by atoms with van der Waals surface area (Å²) in [5, 5.41) is 21.2. The molecular formula is C15H12ClN3O4. The molecule has 1 heterocycles. The van der Waals surface area contributed by atoms with Crippen molar-refractivity contribution in [3.8, 4) is 5.75 Å². The molecule has 0 aromatic heterocycles. The molecule has 0 saturated carbocycles. The van der Waals surface area contributed by atoms with Crippen molar-refractivity contribution in [2.45, 2.75) is 13.2 Å². The maximum absolute atomic E-state index is 11.0. The Labute approximate surface area is 136 Å². The van der Waals surface area contributed by atoms with Gasteiger partial charge in [-0.05, 0) is 18.6 Å². The third-order valence-electron chi connectivity index (χ3n) is 3.46. The second-order valence-corrected chi connectivity index (χ2v) is 5.42. The average molecular weight is 334 g/mol. The van der Waals surface area contributed by atoms with Gasteiger partial charge in [0.15, 0.2) is 5.84 Å². The van der Waals surface area contributed by atoms with Gasteiger partial charge in [-0.2, -0.15) is 0 Å². The Bertz CT molecular complexity index is 822. The summed E-state index contributed by atoms with van der Waals surface area (Å²) in [4.78, 5) is 19.9. The number of rotatable bonds is 3. The van der Waals surface area contributed by atoms with Crippen molar-refractivity contribution in [1.82, 2.24) is 5.48 Å². The fourth-order valence-electron chi connectivity index (χ4n) is 2.31. The number of phenolic OH excluding ortho intramolecular Hbond substituents is 1. The molecule has 118 valence electrons. The number of phenols is 1. The molecule has 2 aromatic rings. The van der Waals surface area contributed by atoms with E-state index < -0.39 is 22.6 Å². The number of hydrogen-bond acceptors (Lipinski definition) is 6. The number of halogens is 1. The van der Waals surface area contributed by atoms with E-state index in [2.05, 4.69) is 10.5 Å². The van der Waals surface area contributed by atoms with Crippen molar-refractivity contribution in [1.29, 1.82) is 0 Å². The van der Waals surface area contributed by atoms with Crippen LogP contribution in [0.1, 0.15) is 22.9 Å². The summed E-state index contributed by atoms with van der Waals surface area (Å²) in [6.07, 6.45) is -0.929. The molecule has 7 nitrogen and oxygen atoms in total. The van der Waals surface area contributed by atoms with Crippen molar-refractivity contribution in [2.24, 2.45) is 4.99 Å². The molecule has 23 heavy (non-hydrogen) atoms. The summed E-state index contributed by atoms with van der Waals surface area (Å²) in [6, 6.07) is 10.0. The predicted octanol–water partition coefficient (Wildman–Crippen LogP) is 3.24. The fraction of sp³-hybridized carbons (Fsp3) is 0.133. The monoisotopic (exact) mass is 333 g/mol. The highest BCUT2D eigenvalue weighted by atomic mass is 35.5. The van der Waals surface area contributed by atoms with Crippen molar-refractivity contribution < 1.29 is 14.9 Å². The summed E-state index contributed by atoms with van der Waals surface area (Å²) in [6.45, 7) is 1.93. The van der Waals surface area contributed by atoms with Crippen LogP contribution >= 0.6 is 11.6 Å². The van der Waals surface area contributed by atoms with Gasteiger partial charge in [-0.15, -0.1) is 0 Å². The predicted molar refractivity (Wildman–Crippen MR) is 84.4 cm³/mol. The quantitative estimate of drug-likeness (QED) is 0.664. The molecule has 3 rings (SSSR count). The van der Waals surface area contributed by atoms with Crippen LogP contribution in [0.25, 0.3) is 0 Å². The van der Waals surface area contributed by atoms with Gasteiger partial charge in [-0.25, -0.2) is 15.3 Å². The van der Waals surface area contributed by atoms with Crippen LogP contribution in [0.5, 0.6) is 5.75 Å². The molecule has 1 unspecified atom stereocenters. The largest absolute Gasteiger partial charge is 0.502 e. The Balaban J connectivity index is 2.02. The summed E-state index contributed by atoms with van der Waals surface area (Å²) in [5.41, 5.74) is 4.15. The smallest absolute Gasteiger partial charge is 0.312 e. The highest BCUT2D eigenvalue weighted by Crippen LogP contribution is 2.39. The first-order valence-electron chi connectivity index (χ1n) is 6.69. The molecule has 2 N–H and O–H groups in total. The number of nitro benzene ring substituents is 1. The normalized spacial score (nSPS) is 16.8. The van der Waals surface area contributed by atoms with E-state index in [1.807, 2.05) is 31.2 Å². The number of nitro groups is 1. The van der Waals surface area contributed by atoms with Gasteiger partial charge in [0.2, 0.25) is 12.0 Å². The topological polar surface area (TPSA) is 97.0 Å². The maximum Gasteiger partial charge on any atom is 0.312 e. The molecule has 1 atom stereocenters.